The minimum absolute atomic E-state index is 0.189. The van der Waals surface area contributed by atoms with Crippen molar-refractivity contribution in [3.05, 3.63) is 34.8 Å². The molecule has 0 bridgehead atoms. The van der Waals surface area contributed by atoms with Gasteiger partial charge in [0.05, 0.1) is 18.4 Å². The fourth-order valence-corrected chi connectivity index (χ4v) is 6.12. The number of ether oxygens (including phenoxy) is 1. The first-order chi connectivity index (χ1) is 15.2. The van der Waals surface area contributed by atoms with E-state index in [9.17, 15) is 5.11 Å². The summed E-state index contributed by atoms with van der Waals surface area (Å²) in [5, 5.41) is 19.8. The minimum atomic E-state index is -0.674. The number of likely N-dealkylation sites (tertiary alicyclic amines) is 1. The summed E-state index contributed by atoms with van der Waals surface area (Å²) in [6.07, 6.45) is 6.98. The molecule has 2 N–H and O–H groups in total. The van der Waals surface area contributed by atoms with Crippen LogP contribution in [0.1, 0.15) is 42.7 Å². The van der Waals surface area contributed by atoms with Crippen molar-refractivity contribution in [1.29, 1.82) is 0 Å². The number of hydrogen-bond donors (Lipinski definition) is 2. The van der Waals surface area contributed by atoms with Crippen LogP contribution in [0.15, 0.2) is 24.3 Å². The van der Waals surface area contributed by atoms with E-state index < -0.39 is 6.10 Å². The second-order valence-electron chi connectivity index (χ2n) is 9.20. The van der Waals surface area contributed by atoms with Gasteiger partial charge in [-0.05, 0) is 50.2 Å². The van der Waals surface area contributed by atoms with Gasteiger partial charge in [-0.3, -0.25) is 4.90 Å². The van der Waals surface area contributed by atoms with Crippen molar-refractivity contribution in [3.8, 4) is 16.3 Å². The summed E-state index contributed by atoms with van der Waals surface area (Å²) in [6, 6.07) is 9.12. The molecule has 2 fully saturated rings. The van der Waals surface area contributed by atoms with Gasteiger partial charge in [0.15, 0.2) is 0 Å². The van der Waals surface area contributed by atoms with Crippen molar-refractivity contribution in [2.45, 2.75) is 63.3 Å². The molecule has 1 unspecified atom stereocenters. The van der Waals surface area contributed by atoms with Crippen molar-refractivity contribution < 1.29 is 14.9 Å². The van der Waals surface area contributed by atoms with Crippen LogP contribution in [0.4, 0.5) is 0 Å². The van der Waals surface area contributed by atoms with Crippen molar-refractivity contribution in [2.75, 3.05) is 32.8 Å². The molecule has 31 heavy (non-hydrogen) atoms. The second kappa shape index (κ2) is 9.55. The Labute approximate surface area is 188 Å². The van der Waals surface area contributed by atoms with Gasteiger partial charge in [0.2, 0.25) is 0 Å². The number of piperidine rings is 1. The number of rotatable bonds is 7. The lowest BCUT2D eigenvalue weighted by atomic mass is 9.86. The average Bonchev–Trinajstić information content (AvgIpc) is 3.20. The van der Waals surface area contributed by atoms with Crippen LogP contribution in [0.2, 0.25) is 0 Å². The van der Waals surface area contributed by atoms with E-state index in [1.54, 1.807) is 11.3 Å². The predicted molar refractivity (Wildman–Crippen MR) is 122 cm³/mol. The fraction of sp³-hybridized carbons (Fsp3) is 0.625. The minimum Gasteiger partial charge on any atom is -0.490 e. The maximum Gasteiger partial charge on any atom is 0.123 e. The van der Waals surface area contributed by atoms with Crippen LogP contribution in [-0.2, 0) is 13.0 Å². The molecule has 1 aromatic carbocycles. The molecule has 168 valence electrons. The van der Waals surface area contributed by atoms with E-state index in [1.807, 2.05) is 0 Å². The van der Waals surface area contributed by atoms with Crippen LogP contribution in [0.3, 0.4) is 0 Å². The van der Waals surface area contributed by atoms with E-state index in [4.69, 9.17) is 14.8 Å². The van der Waals surface area contributed by atoms with E-state index in [0.717, 1.165) is 54.7 Å². The number of nitrogens with zero attached hydrogens (tertiary/aromatic N) is 3. The second-order valence-corrected chi connectivity index (χ2v) is 10.3. The molecule has 1 aliphatic carbocycles. The number of aromatic nitrogens is 1. The highest BCUT2D eigenvalue weighted by Crippen LogP contribution is 2.34. The van der Waals surface area contributed by atoms with Crippen molar-refractivity contribution in [1.82, 2.24) is 14.8 Å². The van der Waals surface area contributed by atoms with Gasteiger partial charge in [0.1, 0.15) is 16.9 Å². The van der Waals surface area contributed by atoms with E-state index in [-0.39, 0.29) is 6.61 Å². The number of aliphatic hydroxyl groups is 2. The third-order valence-electron chi connectivity index (χ3n) is 6.87. The van der Waals surface area contributed by atoms with Gasteiger partial charge in [0, 0.05) is 55.4 Å². The summed E-state index contributed by atoms with van der Waals surface area (Å²) in [6.45, 7) is 4.53. The Kier molecular flexibility index (Phi) is 6.57. The van der Waals surface area contributed by atoms with Crippen molar-refractivity contribution >= 4 is 11.3 Å². The monoisotopic (exact) mass is 443 g/mol. The number of fused-ring (bicyclic) bond motifs is 1. The smallest absolute Gasteiger partial charge is 0.123 e. The van der Waals surface area contributed by atoms with Crippen LogP contribution >= 0.6 is 11.3 Å². The molecule has 3 aliphatic rings. The van der Waals surface area contributed by atoms with Gasteiger partial charge in [-0.1, -0.05) is 6.42 Å². The van der Waals surface area contributed by atoms with Crippen molar-refractivity contribution in [3.63, 3.8) is 0 Å². The lowest BCUT2D eigenvalue weighted by Gasteiger charge is -2.44. The third-order valence-corrected chi connectivity index (χ3v) is 8.00. The van der Waals surface area contributed by atoms with Crippen LogP contribution in [-0.4, -0.2) is 76.0 Å². The Hall–Kier alpha value is -1.51. The molecule has 1 saturated carbocycles. The van der Waals surface area contributed by atoms with Crippen LogP contribution in [0, 0.1) is 0 Å². The number of benzene rings is 1. The number of aliphatic hydroxyl groups excluding tert-OH is 2. The summed E-state index contributed by atoms with van der Waals surface area (Å²) >= 11 is 1.74. The largest absolute Gasteiger partial charge is 0.490 e. The molecule has 5 rings (SSSR count). The summed E-state index contributed by atoms with van der Waals surface area (Å²) in [7, 11) is 0. The first-order valence-electron chi connectivity index (χ1n) is 11.7. The zero-order chi connectivity index (χ0) is 21.2. The van der Waals surface area contributed by atoms with Gasteiger partial charge in [0.25, 0.3) is 0 Å². The summed E-state index contributed by atoms with van der Waals surface area (Å²) in [5.74, 6) is 0.955. The number of thiazole rings is 1. The first-order valence-corrected chi connectivity index (χ1v) is 12.5. The highest BCUT2D eigenvalue weighted by Gasteiger charge is 2.35. The molecular weight excluding hydrogens is 410 g/mol. The summed E-state index contributed by atoms with van der Waals surface area (Å²) in [5.41, 5.74) is 2.31. The van der Waals surface area contributed by atoms with Crippen LogP contribution in [0.25, 0.3) is 10.6 Å². The molecule has 0 radical (unpaired) electrons. The molecule has 1 atom stereocenters. The number of β-amino-alcohol motifs (C(OH)–C–C–N with tert-alkyl or cyclic N) is 1. The van der Waals surface area contributed by atoms with Crippen molar-refractivity contribution in [2.24, 2.45) is 0 Å². The molecule has 3 heterocycles. The topological polar surface area (TPSA) is 69.1 Å². The van der Waals surface area contributed by atoms with E-state index >= 15 is 0 Å². The van der Waals surface area contributed by atoms with Crippen LogP contribution in [0.5, 0.6) is 5.75 Å². The molecular formula is C24H33N3O3S. The molecule has 6 nitrogen and oxygen atoms in total. The molecule has 7 heteroatoms. The Morgan fingerprint density at radius 3 is 2.61 bits per heavy atom. The van der Waals surface area contributed by atoms with Gasteiger partial charge >= 0.3 is 0 Å². The van der Waals surface area contributed by atoms with Crippen LogP contribution < -0.4 is 4.74 Å². The molecule has 0 amide bonds. The lowest BCUT2D eigenvalue weighted by Crippen LogP contribution is -2.50. The highest BCUT2D eigenvalue weighted by atomic mass is 32.1. The summed E-state index contributed by atoms with van der Waals surface area (Å²) in [4.78, 5) is 11.0. The third kappa shape index (κ3) is 4.96. The molecule has 1 saturated heterocycles. The van der Waals surface area contributed by atoms with Gasteiger partial charge in [-0.2, -0.15) is 0 Å². The summed E-state index contributed by atoms with van der Waals surface area (Å²) < 4.78 is 6.21. The molecule has 2 aromatic rings. The highest BCUT2D eigenvalue weighted by molar-refractivity contribution is 7.15. The molecule has 0 spiro atoms. The Morgan fingerprint density at radius 2 is 1.87 bits per heavy atom. The predicted octanol–water partition coefficient (Wildman–Crippen LogP) is 2.92. The first kappa shape index (κ1) is 21.3. The quantitative estimate of drug-likeness (QED) is 0.686. The average molecular weight is 444 g/mol. The zero-order valence-electron chi connectivity index (χ0n) is 18.1. The zero-order valence-corrected chi connectivity index (χ0v) is 18.9. The lowest BCUT2D eigenvalue weighted by molar-refractivity contribution is 0.00893. The van der Waals surface area contributed by atoms with Gasteiger partial charge in [-0.25, -0.2) is 4.98 Å². The Morgan fingerprint density at radius 1 is 1.10 bits per heavy atom. The van der Waals surface area contributed by atoms with E-state index in [0.29, 0.717) is 12.6 Å². The SMILES string of the molecule is OCC(O)CN1CCc2nc(-c3ccc(O[C@H]4C[C@H](N5CCCCC5)C4)cc3)sc2C1. The van der Waals surface area contributed by atoms with Gasteiger partial charge in [-0.15, -0.1) is 11.3 Å². The fourth-order valence-electron chi connectivity index (χ4n) is 4.97. The maximum absolute atomic E-state index is 9.71. The Balaban J connectivity index is 1.15. The van der Waals surface area contributed by atoms with E-state index in [2.05, 4.69) is 34.1 Å². The number of hydrogen-bond acceptors (Lipinski definition) is 7. The standard InChI is InChI=1S/C24H33N3O3S/c28-16-19(29)14-26-11-8-22-23(15-26)31-24(25-22)17-4-6-20(7-5-17)30-21-12-18(13-21)27-9-2-1-3-10-27/h4-7,18-19,21,28-29H,1-3,8-16H2/t18-,19?,21-. The Bertz CT molecular complexity index is 859. The molecule has 2 aliphatic heterocycles. The maximum atomic E-state index is 9.71. The molecule has 1 aromatic heterocycles. The van der Waals surface area contributed by atoms with E-state index in [1.165, 1.54) is 42.9 Å². The normalized spacial score (nSPS) is 25.6. The van der Waals surface area contributed by atoms with Gasteiger partial charge < -0.3 is 19.8 Å².